The summed E-state index contributed by atoms with van der Waals surface area (Å²) in [5, 5.41) is 7.74. The number of ether oxygens (including phenoxy) is 1. The van der Waals surface area contributed by atoms with Crippen molar-refractivity contribution in [2.75, 3.05) is 0 Å². The van der Waals surface area contributed by atoms with Crippen LogP contribution >= 0.6 is 15.9 Å². The molecule has 0 aliphatic carbocycles. The molecule has 0 unspecified atom stereocenters. The van der Waals surface area contributed by atoms with Crippen molar-refractivity contribution in [3.05, 3.63) is 64.5 Å². The summed E-state index contributed by atoms with van der Waals surface area (Å²) in [6, 6.07) is 11.9. The van der Waals surface area contributed by atoms with E-state index in [0.717, 1.165) is 22.2 Å². The van der Waals surface area contributed by atoms with Crippen LogP contribution in [0.15, 0.2) is 57.4 Å². The van der Waals surface area contributed by atoms with Crippen LogP contribution in [-0.2, 0) is 12.8 Å². The molecule has 24 heavy (non-hydrogen) atoms. The van der Waals surface area contributed by atoms with Gasteiger partial charge < -0.3 is 9.15 Å². The molecule has 0 saturated carbocycles. The van der Waals surface area contributed by atoms with Crippen molar-refractivity contribution in [3.8, 4) is 17.2 Å². The quantitative estimate of drug-likeness (QED) is 0.613. The van der Waals surface area contributed by atoms with Crippen molar-refractivity contribution in [3.63, 3.8) is 0 Å². The number of halogens is 4. The summed E-state index contributed by atoms with van der Waals surface area (Å²) in [5.41, 5.74) is -0.0604. The summed E-state index contributed by atoms with van der Waals surface area (Å²) in [7, 11) is 0. The van der Waals surface area contributed by atoms with Crippen molar-refractivity contribution in [2.45, 2.75) is 12.8 Å². The van der Waals surface area contributed by atoms with Crippen LogP contribution < -0.4 is 4.74 Å². The number of hydrogen-bond donors (Lipinski definition) is 0. The molecule has 3 aromatic rings. The summed E-state index contributed by atoms with van der Waals surface area (Å²) in [6.45, 7) is -0.126. The van der Waals surface area contributed by atoms with Gasteiger partial charge in [0.15, 0.2) is 6.61 Å². The third kappa shape index (κ3) is 3.76. The third-order valence-corrected chi connectivity index (χ3v) is 3.79. The van der Waals surface area contributed by atoms with Crippen molar-refractivity contribution >= 4 is 15.9 Å². The fourth-order valence-corrected chi connectivity index (χ4v) is 2.42. The highest BCUT2D eigenvalue weighted by Crippen LogP contribution is 2.31. The van der Waals surface area contributed by atoms with Crippen LogP contribution in [0.3, 0.4) is 0 Å². The lowest BCUT2D eigenvalue weighted by Crippen LogP contribution is -2.05. The first-order valence-electron chi connectivity index (χ1n) is 6.81. The molecule has 0 radical (unpaired) electrons. The topological polar surface area (TPSA) is 48.2 Å². The van der Waals surface area contributed by atoms with Crippen LogP contribution in [-0.4, -0.2) is 10.2 Å². The van der Waals surface area contributed by atoms with Crippen molar-refractivity contribution in [2.24, 2.45) is 0 Å². The van der Waals surface area contributed by atoms with Crippen LogP contribution in [0, 0.1) is 0 Å². The van der Waals surface area contributed by atoms with E-state index in [0.29, 0.717) is 5.89 Å². The number of nitrogens with zero attached hydrogens (tertiary/aromatic N) is 2. The van der Waals surface area contributed by atoms with Crippen LogP contribution in [0.5, 0.6) is 5.75 Å². The number of alkyl halides is 3. The molecule has 4 nitrogen and oxygen atoms in total. The normalized spacial score (nSPS) is 11.5. The smallest absolute Gasteiger partial charge is 0.416 e. The number of hydrogen-bond acceptors (Lipinski definition) is 4. The van der Waals surface area contributed by atoms with Crippen molar-refractivity contribution in [1.29, 1.82) is 0 Å². The molecule has 1 aromatic heterocycles. The van der Waals surface area contributed by atoms with Crippen molar-refractivity contribution in [1.82, 2.24) is 10.2 Å². The van der Waals surface area contributed by atoms with E-state index in [-0.39, 0.29) is 18.2 Å². The zero-order valence-electron chi connectivity index (χ0n) is 12.0. The van der Waals surface area contributed by atoms with Crippen LogP contribution in [0.2, 0.25) is 0 Å². The van der Waals surface area contributed by atoms with Gasteiger partial charge in [-0.05, 0) is 46.3 Å². The second kappa shape index (κ2) is 6.64. The molecule has 0 fully saturated rings. The Morgan fingerprint density at radius 1 is 1.04 bits per heavy atom. The molecule has 0 saturated heterocycles. The summed E-state index contributed by atoms with van der Waals surface area (Å²) in [4.78, 5) is 0. The Bertz CT molecular complexity index is 849. The minimum atomic E-state index is -4.42. The summed E-state index contributed by atoms with van der Waals surface area (Å²) in [5.74, 6) is 0.536. The molecule has 0 spiro atoms. The van der Waals surface area contributed by atoms with E-state index in [1.54, 1.807) is 6.07 Å². The van der Waals surface area contributed by atoms with Gasteiger partial charge in [0.1, 0.15) is 5.75 Å². The fraction of sp³-hybridized carbons (Fsp3) is 0.125. The summed E-state index contributed by atoms with van der Waals surface area (Å²) >= 11 is 3.38. The summed E-state index contributed by atoms with van der Waals surface area (Å²) < 4.78 is 49.5. The number of benzene rings is 2. The van der Waals surface area contributed by atoms with Gasteiger partial charge in [-0.2, -0.15) is 13.2 Å². The van der Waals surface area contributed by atoms with Crippen molar-refractivity contribution < 1.29 is 22.3 Å². The second-order valence-corrected chi connectivity index (χ2v) is 5.65. The van der Waals surface area contributed by atoms with Gasteiger partial charge in [-0.3, -0.25) is 0 Å². The minimum absolute atomic E-state index is 0.0745. The molecule has 124 valence electrons. The van der Waals surface area contributed by atoms with Gasteiger partial charge in [-0.1, -0.05) is 18.2 Å². The lowest BCUT2D eigenvalue weighted by molar-refractivity contribution is -0.137. The first kappa shape index (κ1) is 16.5. The van der Waals surface area contributed by atoms with E-state index in [9.17, 15) is 13.2 Å². The molecule has 1 heterocycles. The van der Waals surface area contributed by atoms with Gasteiger partial charge >= 0.3 is 6.18 Å². The van der Waals surface area contributed by atoms with E-state index in [1.165, 1.54) is 12.1 Å². The predicted octanol–water partition coefficient (Wildman–Crippen LogP) is 5.10. The van der Waals surface area contributed by atoms with E-state index >= 15 is 0 Å². The summed E-state index contributed by atoms with van der Waals surface area (Å²) in [6.07, 6.45) is -4.42. The molecular weight excluding hydrogens is 389 g/mol. The Labute approximate surface area is 143 Å². The maximum atomic E-state index is 12.7. The third-order valence-electron chi connectivity index (χ3n) is 3.09. The number of rotatable bonds is 4. The van der Waals surface area contributed by atoms with Gasteiger partial charge in [-0.25, -0.2) is 0 Å². The first-order chi connectivity index (χ1) is 11.4. The molecule has 0 atom stereocenters. The Kier molecular flexibility index (Phi) is 4.57. The van der Waals surface area contributed by atoms with Gasteiger partial charge in [0.05, 0.1) is 11.1 Å². The molecule has 0 aliphatic rings. The molecule has 0 amide bonds. The average Bonchev–Trinajstić information content (AvgIpc) is 3.02. The van der Waals surface area contributed by atoms with Crippen LogP contribution in [0.25, 0.3) is 11.5 Å². The Morgan fingerprint density at radius 2 is 1.83 bits per heavy atom. The van der Waals surface area contributed by atoms with Crippen LogP contribution in [0.1, 0.15) is 11.5 Å². The van der Waals surface area contributed by atoms with Crippen LogP contribution in [0.4, 0.5) is 13.2 Å². The van der Waals surface area contributed by atoms with Gasteiger partial charge in [0, 0.05) is 4.47 Å². The molecule has 8 heteroatoms. The molecule has 0 aliphatic heterocycles. The highest BCUT2D eigenvalue weighted by atomic mass is 79.9. The Hall–Kier alpha value is -2.35. The average molecular weight is 399 g/mol. The Balaban J connectivity index is 1.71. The molecule has 3 rings (SSSR count). The number of aromatic nitrogens is 2. The SMILES string of the molecule is FC(F)(F)c1cccc(OCc2nnc(-c3ccccc3Br)o2)c1. The van der Waals surface area contributed by atoms with Gasteiger partial charge in [-0.15, -0.1) is 10.2 Å². The van der Waals surface area contributed by atoms with Gasteiger partial charge in [0.25, 0.3) is 5.89 Å². The predicted molar refractivity (Wildman–Crippen MR) is 83.2 cm³/mol. The fourth-order valence-electron chi connectivity index (χ4n) is 1.96. The zero-order chi connectivity index (χ0) is 17.2. The van der Waals surface area contributed by atoms with E-state index in [1.807, 2.05) is 18.2 Å². The van der Waals surface area contributed by atoms with E-state index < -0.39 is 11.7 Å². The monoisotopic (exact) mass is 398 g/mol. The zero-order valence-corrected chi connectivity index (χ0v) is 13.6. The minimum Gasteiger partial charge on any atom is -0.484 e. The maximum absolute atomic E-state index is 12.7. The lowest BCUT2D eigenvalue weighted by Gasteiger charge is -2.08. The molecule has 2 aromatic carbocycles. The molecule has 0 bridgehead atoms. The standard InChI is InChI=1S/C16H10BrF3N2O2/c17-13-7-2-1-6-12(13)15-22-21-14(24-15)9-23-11-5-3-4-10(8-11)16(18,19)20/h1-8H,9H2. The molecule has 0 N–H and O–H groups in total. The van der Waals surface area contributed by atoms with Gasteiger partial charge in [0.2, 0.25) is 5.89 Å². The van der Waals surface area contributed by atoms with E-state index in [2.05, 4.69) is 26.1 Å². The highest BCUT2D eigenvalue weighted by molar-refractivity contribution is 9.10. The Morgan fingerprint density at radius 3 is 2.58 bits per heavy atom. The second-order valence-electron chi connectivity index (χ2n) is 4.80. The first-order valence-corrected chi connectivity index (χ1v) is 7.60. The largest absolute Gasteiger partial charge is 0.484 e. The maximum Gasteiger partial charge on any atom is 0.416 e. The highest BCUT2D eigenvalue weighted by Gasteiger charge is 2.30. The molecular formula is C16H10BrF3N2O2. The van der Waals surface area contributed by atoms with E-state index in [4.69, 9.17) is 9.15 Å². The lowest BCUT2D eigenvalue weighted by atomic mass is 10.2.